The molecular weight excluding hydrogens is 386 g/mol. The average Bonchev–Trinajstić information content (AvgIpc) is 2.67. The van der Waals surface area contributed by atoms with Gasteiger partial charge >= 0.3 is 5.97 Å². The molecule has 2 heterocycles. The number of anilines is 1. The first kappa shape index (κ1) is 21.2. The largest absolute Gasteiger partial charge is 0.463 e. The third-order valence-corrected chi connectivity index (χ3v) is 5.91. The molecule has 1 aliphatic heterocycles. The molecule has 2 N–H and O–H groups in total. The maximum atomic E-state index is 13.1. The van der Waals surface area contributed by atoms with Crippen molar-refractivity contribution < 1.29 is 9.53 Å². The van der Waals surface area contributed by atoms with Crippen LogP contribution in [0.4, 0.5) is 5.82 Å². The van der Waals surface area contributed by atoms with Gasteiger partial charge in [0, 0.05) is 11.4 Å². The lowest BCUT2D eigenvalue weighted by Gasteiger charge is -2.29. The molecular formula is C22H27N3O3S. The summed E-state index contributed by atoms with van der Waals surface area (Å²) in [5.74, 6) is 0.448. The molecule has 0 radical (unpaired) electrons. The number of nitrogens with one attached hydrogen (secondary N) is 2. The summed E-state index contributed by atoms with van der Waals surface area (Å²) in [4.78, 5) is 33.5. The molecule has 0 saturated carbocycles. The van der Waals surface area contributed by atoms with E-state index in [1.807, 2.05) is 38.1 Å². The minimum absolute atomic E-state index is 0.232. The fourth-order valence-corrected chi connectivity index (χ4v) is 4.46. The predicted octanol–water partition coefficient (Wildman–Crippen LogP) is 4.37. The molecule has 0 fully saturated rings. The molecule has 1 aromatic heterocycles. The maximum Gasteiger partial charge on any atom is 0.336 e. The summed E-state index contributed by atoms with van der Waals surface area (Å²) in [5, 5.41) is 3.76. The first-order chi connectivity index (χ1) is 14.0. The summed E-state index contributed by atoms with van der Waals surface area (Å²) in [7, 11) is 0. The minimum atomic E-state index is -0.530. The number of carbonyl (C=O) groups excluding carboxylic acids is 1. The van der Waals surface area contributed by atoms with E-state index in [9.17, 15) is 9.59 Å². The van der Waals surface area contributed by atoms with Crippen molar-refractivity contribution in [1.82, 2.24) is 9.97 Å². The number of hydrogen-bond acceptors (Lipinski definition) is 6. The van der Waals surface area contributed by atoms with Crippen LogP contribution in [0.3, 0.4) is 0 Å². The van der Waals surface area contributed by atoms with Gasteiger partial charge in [-0.1, -0.05) is 49.4 Å². The number of thioether (sulfide) groups is 1. The zero-order valence-corrected chi connectivity index (χ0v) is 18.1. The Balaban J connectivity index is 2.16. The van der Waals surface area contributed by atoms with Crippen LogP contribution in [-0.4, -0.2) is 28.3 Å². The zero-order valence-electron chi connectivity index (χ0n) is 17.3. The van der Waals surface area contributed by atoms with Gasteiger partial charge in [0.05, 0.1) is 23.7 Å². The van der Waals surface area contributed by atoms with E-state index in [2.05, 4.69) is 22.2 Å². The second-order valence-electron chi connectivity index (χ2n) is 7.01. The Kier molecular flexibility index (Phi) is 6.79. The number of allylic oxidation sites excluding steroid dienone is 1. The average molecular weight is 414 g/mol. The Bertz CT molecular complexity index is 997. The third kappa shape index (κ3) is 4.40. The first-order valence-electron chi connectivity index (χ1n) is 9.95. The molecule has 154 valence electrons. The minimum Gasteiger partial charge on any atom is -0.463 e. The zero-order chi connectivity index (χ0) is 21.0. The van der Waals surface area contributed by atoms with Gasteiger partial charge in [-0.15, -0.1) is 0 Å². The van der Waals surface area contributed by atoms with E-state index in [1.54, 1.807) is 6.92 Å². The molecule has 0 spiro atoms. The van der Waals surface area contributed by atoms with Crippen molar-refractivity contribution in [2.45, 2.75) is 51.6 Å². The summed E-state index contributed by atoms with van der Waals surface area (Å²) >= 11 is 1.53. The number of ether oxygens (including phenoxy) is 1. The fraction of sp³-hybridized carbons (Fsp3) is 0.409. The Morgan fingerprint density at radius 2 is 2.00 bits per heavy atom. The van der Waals surface area contributed by atoms with Gasteiger partial charge in [0.2, 0.25) is 0 Å². The van der Waals surface area contributed by atoms with Gasteiger partial charge in [-0.2, -0.15) is 0 Å². The van der Waals surface area contributed by atoms with E-state index in [-0.39, 0.29) is 12.2 Å². The number of aromatic amines is 1. The van der Waals surface area contributed by atoms with Crippen LogP contribution in [0.15, 0.2) is 45.5 Å². The highest BCUT2D eigenvalue weighted by molar-refractivity contribution is 7.99. The highest BCUT2D eigenvalue weighted by Crippen LogP contribution is 2.41. The van der Waals surface area contributed by atoms with Crippen LogP contribution < -0.4 is 10.9 Å². The van der Waals surface area contributed by atoms with Gasteiger partial charge in [-0.05, 0) is 38.3 Å². The van der Waals surface area contributed by atoms with E-state index >= 15 is 0 Å². The van der Waals surface area contributed by atoms with E-state index in [1.165, 1.54) is 11.8 Å². The highest BCUT2D eigenvalue weighted by Gasteiger charge is 2.36. The van der Waals surface area contributed by atoms with E-state index in [0.29, 0.717) is 27.8 Å². The predicted molar refractivity (Wildman–Crippen MR) is 116 cm³/mol. The van der Waals surface area contributed by atoms with Crippen LogP contribution in [0, 0.1) is 6.92 Å². The van der Waals surface area contributed by atoms with Crippen LogP contribution >= 0.6 is 11.8 Å². The number of esters is 1. The summed E-state index contributed by atoms with van der Waals surface area (Å²) in [6, 6.07) is 7.78. The standard InChI is InChI=1S/C22H27N3O3S/c1-5-7-12-29-22-24-19-18(20(26)25-22)17(15-11-9-8-10-13(15)3)16(14(4)23-19)21(27)28-6-2/h8-11,17H,5-7,12H2,1-4H3,(H2,23,24,25,26)/t17-/m0/s1. The van der Waals surface area contributed by atoms with Crippen molar-refractivity contribution in [2.24, 2.45) is 0 Å². The van der Waals surface area contributed by atoms with Crippen molar-refractivity contribution in [3.05, 3.63) is 62.6 Å². The lowest BCUT2D eigenvalue weighted by atomic mass is 9.80. The molecule has 29 heavy (non-hydrogen) atoms. The number of nitrogens with zero attached hydrogens (tertiary/aromatic N) is 1. The third-order valence-electron chi connectivity index (χ3n) is 4.95. The molecule has 0 aliphatic carbocycles. The number of fused-ring (bicyclic) bond motifs is 1. The lowest BCUT2D eigenvalue weighted by molar-refractivity contribution is -0.138. The molecule has 1 aliphatic rings. The number of hydrogen-bond donors (Lipinski definition) is 2. The van der Waals surface area contributed by atoms with Crippen molar-refractivity contribution in [2.75, 3.05) is 17.7 Å². The fourth-order valence-electron chi connectivity index (χ4n) is 3.51. The second-order valence-corrected chi connectivity index (χ2v) is 8.09. The molecule has 0 bridgehead atoms. The van der Waals surface area contributed by atoms with E-state index < -0.39 is 11.9 Å². The lowest BCUT2D eigenvalue weighted by Crippen LogP contribution is -2.31. The molecule has 1 atom stereocenters. The molecule has 1 aromatic carbocycles. The monoisotopic (exact) mass is 413 g/mol. The Labute approximate surface area is 175 Å². The van der Waals surface area contributed by atoms with Crippen LogP contribution in [-0.2, 0) is 9.53 Å². The molecule has 6 nitrogen and oxygen atoms in total. The smallest absolute Gasteiger partial charge is 0.336 e. The van der Waals surface area contributed by atoms with Crippen molar-refractivity contribution in [3.63, 3.8) is 0 Å². The molecule has 2 aromatic rings. The van der Waals surface area contributed by atoms with E-state index in [4.69, 9.17) is 4.74 Å². The van der Waals surface area contributed by atoms with Crippen LogP contribution in [0.2, 0.25) is 0 Å². The molecule has 0 amide bonds. The summed E-state index contributed by atoms with van der Waals surface area (Å²) in [5.41, 5.74) is 3.23. The SMILES string of the molecule is CCCCSc1nc2c(c(=O)[nH]1)[C@@H](c1ccccc1C)C(C(=O)OCC)=C(C)N2. The van der Waals surface area contributed by atoms with Gasteiger partial charge in [0.15, 0.2) is 5.16 Å². The molecule has 0 unspecified atom stereocenters. The van der Waals surface area contributed by atoms with Gasteiger partial charge < -0.3 is 15.0 Å². The van der Waals surface area contributed by atoms with Crippen LogP contribution in [0.5, 0.6) is 0 Å². The van der Waals surface area contributed by atoms with Crippen molar-refractivity contribution in [3.8, 4) is 0 Å². The summed E-state index contributed by atoms with van der Waals surface area (Å²) < 4.78 is 5.31. The number of unbranched alkanes of at least 4 members (excludes halogenated alkanes) is 1. The second kappa shape index (κ2) is 9.31. The number of rotatable bonds is 7. The topological polar surface area (TPSA) is 84.1 Å². The molecule has 7 heteroatoms. The number of H-pyrrole nitrogens is 1. The van der Waals surface area contributed by atoms with Gasteiger partial charge in [0.1, 0.15) is 5.82 Å². The highest BCUT2D eigenvalue weighted by atomic mass is 32.2. The Morgan fingerprint density at radius 3 is 2.69 bits per heavy atom. The van der Waals surface area contributed by atoms with Gasteiger partial charge in [-0.3, -0.25) is 4.79 Å². The Morgan fingerprint density at radius 1 is 1.24 bits per heavy atom. The van der Waals surface area contributed by atoms with E-state index in [0.717, 1.165) is 29.7 Å². The van der Waals surface area contributed by atoms with Crippen molar-refractivity contribution >= 4 is 23.5 Å². The number of benzene rings is 1. The molecule has 3 rings (SSSR count). The number of carbonyl (C=O) groups is 1. The van der Waals surface area contributed by atoms with Gasteiger partial charge in [0.25, 0.3) is 5.56 Å². The first-order valence-corrected chi connectivity index (χ1v) is 10.9. The van der Waals surface area contributed by atoms with Gasteiger partial charge in [-0.25, -0.2) is 9.78 Å². The quantitative estimate of drug-likeness (QED) is 0.304. The van der Waals surface area contributed by atoms with Crippen LogP contribution in [0.1, 0.15) is 56.2 Å². The maximum absolute atomic E-state index is 13.1. The van der Waals surface area contributed by atoms with Crippen molar-refractivity contribution in [1.29, 1.82) is 0 Å². The molecule has 0 saturated heterocycles. The normalized spacial score (nSPS) is 15.7. The summed E-state index contributed by atoms with van der Waals surface area (Å²) in [6.45, 7) is 7.97. The Hall–Kier alpha value is -2.54. The van der Waals surface area contributed by atoms with Crippen LogP contribution in [0.25, 0.3) is 0 Å². The summed E-state index contributed by atoms with van der Waals surface area (Å²) in [6.07, 6.45) is 2.14. The number of aromatic nitrogens is 2. The number of aryl methyl sites for hydroxylation is 1.